The standard InChI is InChI=1S/C21H21Cl3N4O.C10H8O3S/c22-15-6-4-14(5-7-15)20-13-18(21(29)26-27-10-2-1-3-11-27)25-28(20)19-9-8-16(23)12-17(19)24;11-14(12,13)10-6-5-8-3-1-2-4-9(8)7-10/h4-9,12,20H,1-3,10-11,13H2,(H,26,29);1-7H,(H,11,12,13)/t20-;/m0./s1. The van der Waals surface area contributed by atoms with Crippen molar-refractivity contribution < 1.29 is 22.8 Å². The summed E-state index contributed by atoms with van der Waals surface area (Å²) in [5.74, 6) is -0.131. The summed E-state index contributed by atoms with van der Waals surface area (Å²) in [6, 6.07) is 24.3. The van der Waals surface area contributed by atoms with Gasteiger partial charge in [0, 0.05) is 16.5 Å². The first-order chi connectivity index (χ1) is 20.6. The number of rotatable bonds is 5. The topological polar surface area (TPSA) is 106 Å². The van der Waals surface area contributed by atoms with Crippen molar-refractivity contribution in [2.75, 3.05) is 18.1 Å². The van der Waals surface area contributed by atoms with Gasteiger partial charge in [-0.25, -0.2) is 13.4 Å². The second kappa shape index (κ2) is 13.6. The van der Waals surface area contributed by atoms with Gasteiger partial charge in [-0.3, -0.25) is 9.80 Å². The Balaban J connectivity index is 0.000000220. The summed E-state index contributed by atoms with van der Waals surface area (Å²) in [7, 11) is -4.34. The predicted molar refractivity (Wildman–Crippen MR) is 170 cm³/mol. The van der Waals surface area contributed by atoms with Crippen molar-refractivity contribution in [1.29, 1.82) is 0 Å². The van der Waals surface area contributed by atoms with E-state index in [4.69, 9.17) is 34.8 Å². The van der Waals surface area contributed by atoms with E-state index in [0.717, 1.165) is 47.3 Å². The highest BCUT2D eigenvalue weighted by atomic mass is 35.5. The number of hydrazone groups is 1. The van der Waals surface area contributed by atoms with Gasteiger partial charge >= 0.3 is 5.91 Å². The molecular weight excluding hydrogens is 631 g/mol. The molecule has 2 heterocycles. The van der Waals surface area contributed by atoms with E-state index in [1.54, 1.807) is 30.3 Å². The van der Waals surface area contributed by atoms with Crippen LogP contribution in [-0.4, -0.2) is 37.7 Å². The molecule has 4 aromatic carbocycles. The Morgan fingerprint density at radius 2 is 1.53 bits per heavy atom. The zero-order valence-electron chi connectivity index (χ0n) is 23.0. The molecule has 2 aliphatic heterocycles. The maximum absolute atomic E-state index is 12.9. The smallest absolute Gasteiger partial charge is 0.312 e. The molecule has 43 heavy (non-hydrogen) atoms. The molecule has 0 unspecified atom stereocenters. The van der Waals surface area contributed by atoms with Crippen molar-refractivity contribution in [3.8, 4) is 0 Å². The lowest BCUT2D eigenvalue weighted by molar-refractivity contribution is -0.940. The molecule has 0 aromatic heterocycles. The number of anilines is 1. The van der Waals surface area contributed by atoms with E-state index in [2.05, 4.69) is 10.5 Å². The molecule has 8 nitrogen and oxygen atoms in total. The van der Waals surface area contributed by atoms with Crippen molar-refractivity contribution >= 4 is 73.0 Å². The van der Waals surface area contributed by atoms with Crippen molar-refractivity contribution in [2.45, 2.75) is 36.6 Å². The average molecular weight is 660 g/mol. The Bertz CT molecular complexity index is 1760. The van der Waals surface area contributed by atoms with E-state index in [1.807, 2.05) is 47.5 Å². The maximum atomic E-state index is 12.9. The number of hydrogen-bond acceptors (Lipinski definition) is 6. The molecule has 0 radical (unpaired) electrons. The first-order valence-corrected chi connectivity index (χ1v) is 16.3. The fraction of sp³-hybridized carbons (Fsp3) is 0.226. The van der Waals surface area contributed by atoms with Crippen LogP contribution in [-0.2, 0) is 14.9 Å². The highest BCUT2D eigenvalue weighted by Crippen LogP contribution is 2.39. The number of quaternary nitrogens is 1. The molecule has 1 amide bonds. The Labute approximate surface area is 265 Å². The van der Waals surface area contributed by atoms with Crippen LogP contribution >= 0.6 is 34.8 Å². The van der Waals surface area contributed by atoms with Gasteiger partial charge in [0.25, 0.3) is 0 Å². The molecule has 224 valence electrons. The van der Waals surface area contributed by atoms with Gasteiger partial charge in [0.05, 0.1) is 34.7 Å². The molecule has 1 saturated heterocycles. The predicted octanol–water partition coefficient (Wildman–Crippen LogP) is 5.80. The van der Waals surface area contributed by atoms with E-state index in [-0.39, 0.29) is 16.8 Å². The lowest BCUT2D eigenvalue weighted by atomic mass is 10.0. The van der Waals surface area contributed by atoms with Gasteiger partial charge in [0.1, 0.15) is 15.8 Å². The van der Waals surface area contributed by atoms with Gasteiger partial charge in [0.15, 0.2) is 0 Å². The van der Waals surface area contributed by atoms with Crippen LogP contribution in [0.3, 0.4) is 0 Å². The molecule has 2 N–H and O–H groups in total. The van der Waals surface area contributed by atoms with Crippen LogP contribution in [0.15, 0.2) is 94.9 Å². The van der Waals surface area contributed by atoms with Gasteiger partial charge in [-0.1, -0.05) is 77.3 Å². The molecule has 0 saturated carbocycles. The minimum absolute atomic E-state index is 0.131. The lowest BCUT2D eigenvalue weighted by Crippen LogP contribution is -3.20. The van der Waals surface area contributed by atoms with Crippen molar-refractivity contribution in [2.24, 2.45) is 5.10 Å². The van der Waals surface area contributed by atoms with Crippen LogP contribution in [0, 0.1) is 0 Å². The third kappa shape index (κ3) is 7.86. The van der Waals surface area contributed by atoms with Crippen molar-refractivity contribution in [3.05, 3.63) is 106 Å². The molecule has 12 heteroatoms. The highest BCUT2D eigenvalue weighted by Gasteiger charge is 2.34. The van der Waals surface area contributed by atoms with Crippen molar-refractivity contribution in [1.82, 2.24) is 5.43 Å². The summed E-state index contributed by atoms with van der Waals surface area (Å²) in [6.45, 7) is 1.90. The van der Waals surface area contributed by atoms with Crippen LogP contribution in [0.2, 0.25) is 15.1 Å². The van der Waals surface area contributed by atoms with Crippen LogP contribution in [0.25, 0.3) is 10.8 Å². The van der Waals surface area contributed by atoms with Gasteiger partial charge < -0.3 is 4.55 Å². The first kappa shape index (κ1) is 31.3. The maximum Gasteiger partial charge on any atom is 0.312 e. The number of nitrogens with zero attached hydrogens (tertiary/aromatic N) is 2. The zero-order chi connectivity index (χ0) is 30.6. The molecule has 0 aliphatic carbocycles. The summed E-state index contributed by atoms with van der Waals surface area (Å²) in [5, 5.41) is 10.9. The van der Waals surface area contributed by atoms with E-state index in [1.165, 1.54) is 18.6 Å². The number of carbonyl (C=O) groups is 1. The number of fused-ring (bicyclic) bond motifs is 1. The molecule has 2 aliphatic rings. The van der Waals surface area contributed by atoms with Crippen LogP contribution < -0.4 is 15.4 Å². The number of carbonyl (C=O) groups excluding carboxylic acids is 1. The summed E-state index contributed by atoms with van der Waals surface area (Å²) in [5.41, 5.74) is 5.30. The third-order valence-electron chi connectivity index (χ3n) is 7.34. The number of piperidine rings is 1. The zero-order valence-corrected chi connectivity index (χ0v) is 26.1. The van der Waals surface area contributed by atoms with E-state index >= 15 is 0 Å². The van der Waals surface area contributed by atoms with Crippen molar-refractivity contribution in [3.63, 3.8) is 0 Å². The Hall–Kier alpha value is -3.18. The normalized spacial score (nSPS) is 17.3. The summed E-state index contributed by atoms with van der Waals surface area (Å²) in [6.07, 6.45) is 3.96. The van der Waals surface area contributed by atoms with Gasteiger partial charge in [-0.2, -0.15) is 10.5 Å². The molecule has 0 spiro atoms. The Morgan fingerprint density at radius 3 is 2.21 bits per heavy atom. The van der Waals surface area contributed by atoms with Crippen LogP contribution in [0.5, 0.6) is 0 Å². The molecule has 0 bridgehead atoms. The van der Waals surface area contributed by atoms with Gasteiger partial charge in [-0.05, 0) is 78.1 Å². The molecule has 1 atom stereocenters. The Morgan fingerprint density at radius 1 is 0.860 bits per heavy atom. The van der Waals surface area contributed by atoms with Crippen LogP contribution in [0.4, 0.5) is 5.69 Å². The monoisotopic (exact) mass is 658 g/mol. The fourth-order valence-corrected chi connectivity index (χ4v) is 6.27. The molecule has 1 fully saturated rings. The SMILES string of the molecule is O=C(N[NH+]1CCCCC1)C1=NN(c2ccc(Cl)cc2Cl)[C@H](c2ccc(Cl)cc2)C1.O=S(=O)([O-])c1ccc2ccccc2c1. The number of benzene rings is 4. The van der Waals surface area contributed by atoms with E-state index < -0.39 is 10.1 Å². The largest absolute Gasteiger partial charge is 0.744 e. The van der Waals surface area contributed by atoms with E-state index in [0.29, 0.717) is 32.9 Å². The summed E-state index contributed by atoms with van der Waals surface area (Å²) in [4.78, 5) is 12.7. The molecule has 4 aromatic rings. The number of amides is 1. The second-order valence-electron chi connectivity index (χ2n) is 10.3. The van der Waals surface area contributed by atoms with Crippen LogP contribution in [0.1, 0.15) is 37.3 Å². The van der Waals surface area contributed by atoms with Gasteiger partial charge in [0.2, 0.25) is 0 Å². The Kier molecular flexibility index (Phi) is 9.91. The average Bonchev–Trinajstić information content (AvgIpc) is 3.43. The number of nitrogens with one attached hydrogen (secondary N) is 2. The number of hydrogen-bond donors (Lipinski definition) is 2. The van der Waals surface area contributed by atoms with E-state index in [9.17, 15) is 17.8 Å². The highest BCUT2D eigenvalue weighted by molar-refractivity contribution is 7.85. The minimum atomic E-state index is -4.34. The molecular formula is C31H29Cl3N4O4S. The minimum Gasteiger partial charge on any atom is -0.744 e. The molecule has 6 rings (SSSR count). The summed E-state index contributed by atoms with van der Waals surface area (Å²) >= 11 is 18.6. The first-order valence-electron chi connectivity index (χ1n) is 13.8. The fourth-order valence-electron chi connectivity index (χ4n) is 5.14. The summed E-state index contributed by atoms with van der Waals surface area (Å²) < 4.78 is 32.2. The second-order valence-corrected chi connectivity index (χ2v) is 13.0. The lowest BCUT2D eigenvalue weighted by Gasteiger charge is -2.25. The number of halogens is 3. The third-order valence-corrected chi connectivity index (χ3v) is 8.96. The quantitative estimate of drug-likeness (QED) is 0.264. The van der Waals surface area contributed by atoms with Gasteiger partial charge in [-0.15, -0.1) is 0 Å².